The monoisotopic (exact) mass is 325 g/mol. The second-order valence-corrected chi connectivity index (χ2v) is 7.39. The number of benzene rings is 1. The molecule has 1 aromatic rings. The zero-order valence-electron chi connectivity index (χ0n) is 9.57. The fraction of sp³-hybridized carbons (Fsp3) is 0.364. The first-order valence-electron chi connectivity index (χ1n) is 5.39. The smallest absolute Gasteiger partial charge is 0.256 e. The molecular weight excluding hydrogens is 316 g/mol. The lowest BCUT2D eigenvalue weighted by Crippen LogP contribution is -2.41. The largest absolute Gasteiger partial charge is 0.347 e. The topological polar surface area (TPSA) is 63.2 Å². The van der Waals surface area contributed by atoms with Crippen molar-refractivity contribution in [1.29, 1.82) is 0 Å². The van der Waals surface area contributed by atoms with Gasteiger partial charge in [-0.3, -0.25) is 4.79 Å². The molecule has 0 saturated carbocycles. The Balaban J connectivity index is 2.19. The van der Waals surface area contributed by atoms with E-state index in [4.69, 9.17) is 23.2 Å². The molecule has 2 atom stereocenters. The first kappa shape index (κ1) is 14.6. The molecule has 0 bridgehead atoms. The summed E-state index contributed by atoms with van der Waals surface area (Å²) >= 11 is 11.6. The lowest BCUT2D eigenvalue weighted by molar-refractivity contribution is 0.0937. The zero-order chi connectivity index (χ0) is 14.2. The highest BCUT2D eigenvalue weighted by atomic mass is 35.5. The van der Waals surface area contributed by atoms with Crippen molar-refractivity contribution < 1.29 is 17.6 Å². The number of hydrogen-bond donors (Lipinski definition) is 1. The van der Waals surface area contributed by atoms with E-state index in [0.29, 0.717) is 0 Å². The van der Waals surface area contributed by atoms with Crippen LogP contribution in [0.25, 0.3) is 0 Å². The summed E-state index contributed by atoms with van der Waals surface area (Å²) < 4.78 is 36.3. The molecule has 1 amide bonds. The summed E-state index contributed by atoms with van der Waals surface area (Å²) in [5, 5.41) is 1.65. The number of hydrogen-bond acceptors (Lipinski definition) is 3. The number of alkyl halides is 1. The van der Waals surface area contributed by atoms with E-state index >= 15 is 0 Å². The van der Waals surface area contributed by atoms with Crippen molar-refractivity contribution in [1.82, 2.24) is 5.32 Å². The van der Waals surface area contributed by atoms with Crippen molar-refractivity contribution in [3.8, 4) is 0 Å². The molecule has 2 unspecified atom stereocenters. The van der Waals surface area contributed by atoms with Gasteiger partial charge in [-0.1, -0.05) is 17.7 Å². The summed E-state index contributed by atoms with van der Waals surface area (Å²) in [5.74, 6) is -1.99. The van der Waals surface area contributed by atoms with Crippen molar-refractivity contribution in [2.75, 3.05) is 11.5 Å². The number of halogens is 3. The molecule has 2 rings (SSSR count). The van der Waals surface area contributed by atoms with Crippen molar-refractivity contribution in [3.63, 3.8) is 0 Å². The predicted molar refractivity (Wildman–Crippen MR) is 71.0 cm³/mol. The molecule has 0 spiro atoms. The predicted octanol–water partition coefficient (Wildman–Crippen LogP) is 1.61. The maximum Gasteiger partial charge on any atom is 0.256 e. The van der Waals surface area contributed by atoms with Gasteiger partial charge in [0, 0.05) is 0 Å². The molecule has 1 N–H and O–H groups in total. The molecular formula is C11H10Cl2FNO3S. The van der Waals surface area contributed by atoms with Crippen LogP contribution in [0.1, 0.15) is 10.4 Å². The third kappa shape index (κ3) is 3.19. The lowest BCUT2D eigenvalue weighted by atomic mass is 10.1. The summed E-state index contributed by atoms with van der Waals surface area (Å²) in [6, 6.07) is 3.11. The molecule has 1 aliphatic rings. The Morgan fingerprint density at radius 3 is 2.58 bits per heavy atom. The lowest BCUT2D eigenvalue weighted by Gasteiger charge is -2.15. The van der Waals surface area contributed by atoms with E-state index in [9.17, 15) is 17.6 Å². The van der Waals surface area contributed by atoms with E-state index in [2.05, 4.69) is 5.32 Å². The van der Waals surface area contributed by atoms with Gasteiger partial charge >= 0.3 is 0 Å². The molecule has 1 saturated heterocycles. The van der Waals surface area contributed by atoms with Crippen LogP contribution in [0.15, 0.2) is 18.2 Å². The summed E-state index contributed by atoms with van der Waals surface area (Å²) in [5.41, 5.74) is -0.308. The van der Waals surface area contributed by atoms with Crippen molar-refractivity contribution in [2.45, 2.75) is 11.4 Å². The summed E-state index contributed by atoms with van der Waals surface area (Å²) in [7, 11) is -3.27. The molecule has 1 fully saturated rings. The van der Waals surface area contributed by atoms with Gasteiger partial charge in [0.2, 0.25) is 0 Å². The Kier molecular flexibility index (Phi) is 4.03. The first-order valence-corrected chi connectivity index (χ1v) is 8.03. The molecule has 1 heterocycles. The minimum absolute atomic E-state index is 0.0375. The molecule has 4 nitrogen and oxygen atoms in total. The van der Waals surface area contributed by atoms with Crippen LogP contribution in [0.3, 0.4) is 0 Å². The Morgan fingerprint density at radius 2 is 2.05 bits per heavy atom. The number of nitrogens with one attached hydrogen (secondary N) is 1. The fourth-order valence-electron chi connectivity index (χ4n) is 1.89. The van der Waals surface area contributed by atoms with E-state index in [-0.39, 0.29) is 22.1 Å². The second-order valence-electron chi connectivity index (χ2n) is 4.27. The molecule has 0 radical (unpaired) electrons. The minimum Gasteiger partial charge on any atom is -0.347 e. The molecule has 1 aliphatic heterocycles. The highest BCUT2D eigenvalue weighted by molar-refractivity contribution is 7.91. The Hall–Kier alpha value is -0.850. The second kappa shape index (κ2) is 5.26. The number of sulfone groups is 1. The Morgan fingerprint density at radius 1 is 1.37 bits per heavy atom. The molecule has 104 valence electrons. The van der Waals surface area contributed by atoms with Gasteiger partial charge in [-0.2, -0.15) is 0 Å². The molecule has 19 heavy (non-hydrogen) atoms. The van der Waals surface area contributed by atoms with E-state index in [0.717, 1.165) is 6.07 Å². The number of carbonyl (C=O) groups is 1. The van der Waals surface area contributed by atoms with Crippen LogP contribution in [-0.4, -0.2) is 37.2 Å². The summed E-state index contributed by atoms with van der Waals surface area (Å²) in [4.78, 5) is 11.9. The van der Waals surface area contributed by atoms with Gasteiger partial charge in [0.1, 0.15) is 5.82 Å². The number of carbonyl (C=O) groups excluding carboxylic acids is 1. The zero-order valence-corrected chi connectivity index (χ0v) is 11.9. The highest BCUT2D eigenvalue weighted by Crippen LogP contribution is 2.22. The van der Waals surface area contributed by atoms with Crippen LogP contribution >= 0.6 is 23.2 Å². The van der Waals surface area contributed by atoms with E-state index < -0.39 is 33.0 Å². The maximum absolute atomic E-state index is 13.5. The Bertz CT molecular complexity index is 600. The Labute approximate surface area is 119 Å². The number of amides is 1. The van der Waals surface area contributed by atoms with Crippen molar-refractivity contribution in [3.05, 3.63) is 34.6 Å². The average molecular weight is 326 g/mol. The number of rotatable bonds is 2. The van der Waals surface area contributed by atoms with Crippen LogP contribution in [0.4, 0.5) is 4.39 Å². The van der Waals surface area contributed by atoms with Gasteiger partial charge in [-0.15, -0.1) is 11.6 Å². The van der Waals surface area contributed by atoms with E-state index in [1.165, 1.54) is 12.1 Å². The molecule has 0 aromatic heterocycles. The van der Waals surface area contributed by atoms with Crippen LogP contribution in [-0.2, 0) is 9.84 Å². The van der Waals surface area contributed by atoms with Crippen LogP contribution in [0.5, 0.6) is 0 Å². The van der Waals surface area contributed by atoms with E-state index in [1.807, 2.05) is 0 Å². The first-order chi connectivity index (χ1) is 8.80. The van der Waals surface area contributed by atoms with Crippen LogP contribution < -0.4 is 5.32 Å². The van der Waals surface area contributed by atoms with Crippen molar-refractivity contribution >= 4 is 38.9 Å². The van der Waals surface area contributed by atoms with Gasteiger partial charge in [-0.25, -0.2) is 12.8 Å². The van der Waals surface area contributed by atoms with Crippen LogP contribution in [0.2, 0.25) is 5.02 Å². The van der Waals surface area contributed by atoms with Crippen LogP contribution in [0, 0.1) is 5.82 Å². The quantitative estimate of drug-likeness (QED) is 0.840. The van der Waals surface area contributed by atoms with Gasteiger partial charge in [0.15, 0.2) is 9.84 Å². The van der Waals surface area contributed by atoms with Gasteiger partial charge in [0.05, 0.1) is 33.5 Å². The minimum atomic E-state index is -3.27. The van der Waals surface area contributed by atoms with Gasteiger partial charge in [0.25, 0.3) is 5.91 Å². The standard InChI is InChI=1S/C11H10Cl2FNO3S/c12-6-2-1-3-8(14)10(6)11(16)15-9-5-19(17,18)4-7(9)13/h1-3,7,9H,4-5H2,(H,15,16). The normalized spacial score (nSPS) is 25.2. The highest BCUT2D eigenvalue weighted by Gasteiger charge is 2.37. The molecule has 0 aliphatic carbocycles. The summed E-state index contributed by atoms with van der Waals surface area (Å²) in [6.45, 7) is 0. The average Bonchev–Trinajstić information content (AvgIpc) is 2.51. The third-order valence-electron chi connectivity index (χ3n) is 2.79. The molecule has 8 heteroatoms. The summed E-state index contributed by atoms with van der Waals surface area (Å²) in [6.07, 6.45) is 0. The maximum atomic E-state index is 13.5. The SMILES string of the molecule is O=C(NC1CS(=O)(=O)CC1Cl)c1c(F)cccc1Cl. The molecule has 1 aromatic carbocycles. The fourth-order valence-corrected chi connectivity index (χ4v) is 4.69. The van der Waals surface area contributed by atoms with E-state index in [1.54, 1.807) is 0 Å². The third-order valence-corrected chi connectivity index (χ3v) is 5.48. The van der Waals surface area contributed by atoms with Gasteiger partial charge < -0.3 is 5.32 Å². The van der Waals surface area contributed by atoms with Gasteiger partial charge in [-0.05, 0) is 12.1 Å². The van der Waals surface area contributed by atoms with Crippen molar-refractivity contribution in [2.24, 2.45) is 0 Å².